The summed E-state index contributed by atoms with van der Waals surface area (Å²) in [5.41, 5.74) is 2.11. The molecule has 0 aliphatic rings. The van der Waals surface area contributed by atoms with Crippen molar-refractivity contribution in [3.8, 4) is 0 Å². The number of nitrogens with zero attached hydrogens (tertiary/aromatic N) is 3. The van der Waals surface area contributed by atoms with Gasteiger partial charge in [0.25, 0.3) is 11.5 Å². The van der Waals surface area contributed by atoms with Gasteiger partial charge in [0.2, 0.25) is 0 Å². The SMILES string of the molecule is O=C(NCc1n[nH]c2ccc(Cl)cc12)c1cncc(Cc2cc(F)c(Cn3ccccc3=O)cc2F)c1. The molecule has 0 aliphatic carbocycles. The van der Waals surface area contributed by atoms with Gasteiger partial charge < -0.3 is 9.88 Å². The van der Waals surface area contributed by atoms with Gasteiger partial charge in [0, 0.05) is 47.1 Å². The van der Waals surface area contributed by atoms with E-state index in [4.69, 9.17) is 11.6 Å². The van der Waals surface area contributed by atoms with Gasteiger partial charge in [-0.05, 0) is 53.6 Å². The number of halogens is 3. The number of hydrogen-bond acceptors (Lipinski definition) is 4. The zero-order chi connectivity index (χ0) is 25.9. The van der Waals surface area contributed by atoms with Gasteiger partial charge in [0.1, 0.15) is 11.6 Å². The number of pyridine rings is 2. The number of rotatable bonds is 7. The van der Waals surface area contributed by atoms with Crippen molar-refractivity contribution in [2.75, 3.05) is 0 Å². The van der Waals surface area contributed by atoms with Gasteiger partial charge in [-0.2, -0.15) is 5.10 Å². The summed E-state index contributed by atoms with van der Waals surface area (Å²) < 4.78 is 30.9. The van der Waals surface area contributed by atoms with Crippen LogP contribution in [0.3, 0.4) is 0 Å². The fourth-order valence-corrected chi connectivity index (χ4v) is 4.20. The number of nitrogens with one attached hydrogen (secondary N) is 2. The van der Waals surface area contributed by atoms with Crippen molar-refractivity contribution >= 4 is 28.4 Å². The number of fused-ring (bicyclic) bond motifs is 1. The van der Waals surface area contributed by atoms with Crippen LogP contribution in [-0.4, -0.2) is 25.7 Å². The molecule has 10 heteroatoms. The Labute approximate surface area is 214 Å². The number of amides is 1. The van der Waals surface area contributed by atoms with Crippen LogP contribution in [0.4, 0.5) is 8.78 Å². The van der Waals surface area contributed by atoms with E-state index in [-0.39, 0.29) is 47.7 Å². The molecule has 2 N–H and O–H groups in total. The molecule has 0 spiro atoms. The summed E-state index contributed by atoms with van der Waals surface area (Å²) in [5, 5.41) is 11.3. The molecule has 2 aromatic carbocycles. The van der Waals surface area contributed by atoms with Gasteiger partial charge in [0.15, 0.2) is 0 Å². The molecule has 0 fully saturated rings. The molecule has 5 aromatic rings. The van der Waals surface area contributed by atoms with E-state index in [1.807, 2.05) is 0 Å². The first kappa shape index (κ1) is 24.3. The Kier molecular flexibility index (Phi) is 6.78. The van der Waals surface area contributed by atoms with E-state index in [9.17, 15) is 18.4 Å². The number of aromatic amines is 1. The highest BCUT2D eigenvalue weighted by Gasteiger charge is 2.14. The van der Waals surface area contributed by atoms with Crippen LogP contribution < -0.4 is 10.9 Å². The fourth-order valence-electron chi connectivity index (χ4n) is 4.03. The minimum Gasteiger partial charge on any atom is -0.346 e. The second-order valence-electron chi connectivity index (χ2n) is 8.50. The smallest absolute Gasteiger partial charge is 0.253 e. The Morgan fingerprint density at radius 3 is 2.68 bits per heavy atom. The summed E-state index contributed by atoms with van der Waals surface area (Å²) in [6, 6.07) is 13.7. The van der Waals surface area contributed by atoms with E-state index >= 15 is 0 Å². The molecule has 0 saturated heterocycles. The highest BCUT2D eigenvalue weighted by atomic mass is 35.5. The number of aromatic nitrogens is 4. The maximum absolute atomic E-state index is 14.8. The van der Waals surface area contributed by atoms with Gasteiger partial charge in [-0.1, -0.05) is 17.7 Å². The number of carbonyl (C=O) groups is 1. The van der Waals surface area contributed by atoms with E-state index in [0.717, 1.165) is 23.0 Å². The monoisotopic (exact) mass is 519 g/mol. The first-order chi connectivity index (χ1) is 17.9. The van der Waals surface area contributed by atoms with Crippen LogP contribution in [0.25, 0.3) is 10.9 Å². The van der Waals surface area contributed by atoms with E-state index in [1.54, 1.807) is 36.4 Å². The first-order valence-electron chi connectivity index (χ1n) is 11.3. The Morgan fingerprint density at radius 2 is 1.84 bits per heavy atom. The predicted molar refractivity (Wildman–Crippen MR) is 135 cm³/mol. The standard InChI is InChI=1S/C27H20ClF2N5O2/c28-20-4-5-24-21(11-20)25(34-33-24)14-32-27(37)18-8-16(12-31-13-18)7-17-9-23(30)19(10-22(17)29)15-35-6-2-1-3-26(35)36/h1-6,8-13H,7,14-15H2,(H,32,37)(H,33,34). The van der Waals surface area contributed by atoms with E-state index < -0.39 is 11.6 Å². The number of carbonyl (C=O) groups excluding carboxylic acids is 1. The summed E-state index contributed by atoms with van der Waals surface area (Å²) in [6.45, 7) is 0.0760. The lowest BCUT2D eigenvalue weighted by molar-refractivity contribution is 0.0950. The van der Waals surface area contributed by atoms with Crippen molar-refractivity contribution in [1.29, 1.82) is 0 Å². The third-order valence-electron chi connectivity index (χ3n) is 5.93. The number of H-pyrrole nitrogens is 1. The Bertz CT molecular complexity index is 1680. The molecule has 0 bridgehead atoms. The highest BCUT2D eigenvalue weighted by Crippen LogP contribution is 2.21. The molecule has 0 radical (unpaired) electrons. The first-order valence-corrected chi connectivity index (χ1v) is 11.7. The van der Waals surface area contributed by atoms with Crippen molar-refractivity contribution in [2.24, 2.45) is 0 Å². The Balaban J connectivity index is 1.29. The Morgan fingerprint density at radius 1 is 1.03 bits per heavy atom. The van der Waals surface area contributed by atoms with Crippen molar-refractivity contribution in [1.82, 2.24) is 25.1 Å². The van der Waals surface area contributed by atoms with Gasteiger partial charge in [0.05, 0.1) is 29.9 Å². The lowest BCUT2D eigenvalue weighted by Crippen LogP contribution is -2.23. The average molecular weight is 520 g/mol. The molecule has 0 atom stereocenters. The molecule has 0 saturated carbocycles. The molecule has 186 valence electrons. The van der Waals surface area contributed by atoms with Gasteiger partial charge in [-0.15, -0.1) is 0 Å². The molecule has 3 aromatic heterocycles. The fraction of sp³-hybridized carbons (Fsp3) is 0.111. The summed E-state index contributed by atoms with van der Waals surface area (Å²) in [4.78, 5) is 28.7. The molecule has 37 heavy (non-hydrogen) atoms. The second-order valence-corrected chi connectivity index (χ2v) is 8.94. The van der Waals surface area contributed by atoms with Crippen LogP contribution in [0.2, 0.25) is 5.02 Å². The molecule has 0 aliphatic heterocycles. The van der Waals surface area contributed by atoms with Gasteiger partial charge in [-0.3, -0.25) is 19.7 Å². The van der Waals surface area contributed by atoms with E-state index in [0.29, 0.717) is 16.3 Å². The largest absolute Gasteiger partial charge is 0.346 e. The molecule has 5 rings (SSSR count). The maximum Gasteiger partial charge on any atom is 0.253 e. The quantitative estimate of drug-likeness (QED) is 0.328. The zero-order valence-corrected chi connectivity index (χ0v) is 20.1. The molecule has 7 nitrogen and oxygen atoms in total. The lowest BCUT2D eigenvalue weighted by Gasteiger charge is -2.11. The van der Waals surface area contributed by atoms with E-state index in [1.165, 1.54) is 29.2 Å². The summed E-state index contributed by atoms with van der Waals surface area (Å²) in [5.74, 6) is -1.62. The molecular formula is C27H20ClF2N5O2. The molecular weight excluding hydrogens is 500 g/mol. The van der Waals surface area contributed by atoms with Crippen LogP contribution in [0.1, 0.15) is 32.7 Å². The molecule has 0 unspecified atom stereocenters. The van der Waals surface area contributed by atoms with Crippen molar-refractivity contribution in [2.45, 2.75) is 19.5 Å². The number of benzene rings is 2. The third kappa shape index (κ3) is 5.41. The van der Waals surface area contributed by atoms with Crippen molar-refractivity contribution < 1.29 is 13.6 Å². The predicted octanol–water partition coefficient (Wildman–Crippen LogP) is 4.62. The van der Waals surface area contributed by atoms with Crippen LogP contribution in [0, 0.1) is 11.6 Å². The molecule has 3 heterocycles. The topological polar surface area (TPSA) is 92.7 Å². The van der Waals surface area contributed by atoms with E-state index in [2.05, 4.69) is 20.5 Å². The summed E-state index contributed by atoms with van der Waals surface area (Å²) >= 11 is 6.06. The minimum atomic E-state index is -0.625. The van der Waals surface area contributed by atoms with Crippen LogP contribution in [0.15, 0.2) is 78.0 Å². The highest BCUT2D eigenvalue weighted by molar-refractivity contribution is 6.31. The molecule has 1 amide bonds. The maximum atomic E-state index is 14.8. The van der Waals surface area contributed by atoms with Crippen LogP contribution in [-0.2, 0) is 19.5 Å². The lowest BCUT2D eigenvalue weighted by atomic mass is 10.0. The van der Waals surface area contributed by atoms with Gasteiger partial charge in [-0.25, -0.2) is 8.78 Å². The van der Waals surface area contributed by atoms with Gasteiger partial charge >= 0.3 is 0 Å². The third-order valence-corrected chi connectivity index (χ3v) is 6.16. The van der Waals surface area contributed by atoms with Crippen molar-refractivity contribution in [3.05, 3.63) is 128 Å². The average Bonchev–Trinajstić information content (AvgIpc) is 3.29. The number of hydrogen-bond donors (Lipinski definition) is 2. The van der Waals surface area contributed by atoms with Crippen LogP contribution in [0.5, 0.6) is 0 Å². The summed E-state index contributed by atoms with van der Waals surface area (Å²) in [7, 11) is 0. The zero-order valence-electron chi connectivity index (χ0n) is 19.3. The van der Waals surface area contributed by atoms with Crippen molar-refractivity contribution in [3.63, 3.8) is 0 Å². The normalized spacial score (nSPS) is 11.1. The summed E-state index contributed by atoms with van der Waals surface area (Å²) in [6.07, 6.45) is 4.44. The Hall–Kier alpha value is -4.37. The minimum absolute atomic E-state index is 0.0327. The van der Waals surface area contributed by atoms with Crippen LogP contribution >= 0.6 is 11.6 Å². The second kappa shape index (κ2) is 10.3.